The lowest BCUT2D eigenvalue weighted by Gasteiger charge is -2.08. The fourth-order valence-corrected chi connectivity index (χ4v) is 2.53. The van der Waals surface area contributed by atoms with E-state index in [1.54, 1.807) is 24.3 Å². The van der Waals surface area contributed by atoms with Crippen LogP contribution in [-0.2, 0) is 10.0 Å². The van der Waals surface area contributed by atoms with Crippen molar-refractivity contribution in [3.8, 4) is 5.75 Å². The van der Waals surface area contributed by atoms with Crippen LogP contribution < -0.4 is 14.8 Å². The van der Waals surface area contributed by atoms with E-state index >= 15 is 0 Å². The minimum absolute atomic E-state index is 0.0646. The number of benzene rings is 1. The molecule has 0 aliphatic rings. The molecule has 0 aliphatic heterocycles. The number of carbonyl (C=O) groups excluding carboxylic acids is 1. The molecule has 0 heterocycles. The van der Waals surface area contributed by atoms with Crippen LogP contribution in [0.1, 0.15) is 23.7 Å². The molecule has 1 rings (SSSR count). The monoisotopic (exact) mass is 300 g/mol. The summed E-state index contributed by atoms with van der Waals surface area (Å²) in [7, 11) is -1.81. The molecule has 0 saturated heterocycles. The van der Waals surface area contributed by atoms with E-state index in [4.69, 9.17) is 4.74 Å². The van der Waals surface area contributed by atoms with Crippen LogP contribution in [0.4, 0.5) is 0 Å². The second-order valence-electron chi connectivity index (χ2n) is 4.20. The number of amides is 1. The molecule has 0 spiro atoms. The summed E-state index contributed by atoms with van der Waals surface area (Å²) >= 11 is 0. The second kappa shape index (κ2) is 7.86. The van der Waals surface area contributed by atoms with Gasteiger partial charge in [-0.2, -0.15) is 0 Å². The van der Waals surface area contributed by atoms with Gasteiger partial charge in [0.25, 0.3) is 5.91 Å². The van der Waals surface area contributed by atoms with Gasteiger partial charge in [-0.3, -0.25) is 4.79 Å². The first-order valence-electron chi connectivity index (χ1n) is 6.38. The van der Waals surface area contributed by atoms with E-state index < -0.39 is 10.0 Å². The van der Waals surface area contributed by atoms with E-state index in [2.05, 4.69) is 10.0 Å². The minimum Gasteiger partial charge on any atom is -0.497 e. The molecule has 20 heavy (non-hydrogen) atoms. The van der Waals surface area contributed by atoms with Crippen molar-refractivity contribution in [1.29, 1.82) is 0 Å². The molecule has 0 atom stereocenters. The molecule has 0 saturated carbocycles. The first-order valence-corrected chi connectivity index (χ1v) is 8.03. The summed E-state index contributed by atoms with van der Waals surface area (Å²) in [6.45, 7) is 2.36. The molecule has 0 radical (unpaired) electrons. The van der Waals surface area contributed by atoms with Crippen molar-refractivity contribution in [2.45, 2.75) is 13.3 Å². The summed E-state index contributed by atoms with van der Waals surface area (Å²) in [4.78, 5) is 11.8. The highest BCUT2D eigenvalue weighted by Gasteiger charge is 2.11. The highest BCUT2D eigenvalue weighted by Crippen LogP contribution is 2.12. The Morgan fingerprint density at radius 3 is 2.70 bits per heavy atom. The molecule has 2 N–H and O–H groups in total. The standard InChI is InChI=1S/C13H20N2O4S/c1-3-7-15-20(17,18)9-8-14-13(16)11-5-4-6-12(10-11)19-2/h4-6,10,15H,3,7-9H2,1-2H3,(H,14,16). The summed E-state index contributed by atoms with van der Waals surface area (Å²) in [5.74, 6) is 0.118. The third-order valence-corrected chi connectivity index (χ3v) is 3.95. The number of hydrogen-bond donors (Lipinski definition) is 2. The third-order valence-electron chi connectivity index (χ3n) is 2.56. The van der Waals surface area contributed by atoms with E-state index in [1.807, 2.05) is 6.92 Å². The molecular formula is C13H20N2O4S. The van der Waals surface area contributed by atoms with Gasteiger partial charge in [-0.15, -0.1) is 0 Å². The lowest BCUT2D eigenvalue weighted by atomic mass is 10.2. The smallest absolute Gasteiger partial charge is 0.251 e. The summed E-state index contributed by atoms with van der Waals surface area (Å²) < 4.78 is 30.5. The number of sulfonamides is 1. The highest BCUT2D eigenvalue weighted by molar-refractivity contribution is 7.89. The van der Waals surface area contributed by atoms with Crippen LogP contribution in [0, 0.1) is 0 Å². The Labute approximate surface area is 119 Å². The van der Waals surface area contributed by atoms with Crippen LogP contribution >= 0.6 is 0 Å². The average Bonchev–Trinajstić information content (AvgIpc) is 2.45. The van der Waals surface area contributed by atoms with Gasteiger partial charge in [-0.1, -0.05) is 13.0 Å². The molecule has 0 aliphatic carbocycles. The molecule has 0 fully saturated rings. The molecule has 112 valence electrons. The second-order valence-corrected chi connectivity index (χ2v) is 6.13. The Balaban J connectivity index is 2.47. The van der Waals surface area contributed by atoms with Crippen molar-refractivity contribution in [1.82, 2.24) is 10.0 Å². The first-order chi connectivity index (χ1) is 9.48. The Hall–Kier alpha value is -1.60. The number of hydrogen-bond acceptors (Lipinski definition) is 4. The summed E-state index contributed by atoms with van der Waals surface area (Å²) in [6, 6.07) is 6.67. The van der Waals surface area contributed by atoms with Gasteiger partial charge in [-0.05, 0) is 24.6 Å². The summed E-state index contributed by atoms with van der Waals surface area (Å²) in [5, 5.41) is 2.57. The zero-order valence-corrected chi connectivity index (χ0v) is 12.5. The van der Waals surface area contributed by atoms with Gasteiger partial charge >= 0.3 is 0 Å². The Morgan fingerprint density at radius 1 is 1.30 bits per heavy atom. The van der Waals surface area contributed by atoms with Crippen molar-refractivity contribution in [2.75, 3.05) is 26.0 Å². The lowest BCUT2D eigenvalue weighted by Crippen LogP contribution is -2.34. The van der Waals surface area contributed by atoms with Gasteiger partial charge in [0.15, 0.2) is 0 Å². The van der Waals surface area contributed by atoms with Gasteiger partial charge in [0, 0.05) is 18.7 Å². The van der Waals surface area contributed by atoms with Crippen molar-refractivity contribution in [3.63, 3.8) is 0 Å². The highest BCUT2D eigenvalue weighted by atomic mass is 32.2. The van der Waals surface area contributed by atoms with Crippen LogP contribution in [0.2, 0.25) is 0 Å². The van der Waals surface area contributed by atoms with Crippen LogP contribution in [0.15, 0.2) is 24.3 Å². The Kier molecular flexibility index (Phi) is 6.47. The topological polar surface area (TPSA) is 84.5 Å². The van der Waals surface area contributed by atoms with Gasteiger partial charge in [-0.25, -0.2) is 13.1 Å². The van der Waals surface area contributed by atoms with Crippen LogP contribution in [0.25, 0.3) is 0 Å². The molecule has 6 nitrogen and oxygen atoms in total. The normalized spacial score (nSPS) is 11.1. The fraction of sp³-hybridized carbons (Fsp3) is 0.462. The van der Waals surface area contributed by atoms with Crippen LogP contribution in [0.5, 0.6) is 5.75 Å². The molecule has 0 unspecified atom stereocenters. The fourth-order valence-electron chi connectivity index (χ4n) is 1.50. The zero-order valence-electron chi connectivity index (χ0n) is 11.7. The Bertz CT molecular complexity index is 543. The van der Waals surface area contributed by atoms with Gasteiger partial charge < -0.3 is 10.1 Å². The van der Waals surface area contributed by atoms with E-state index in [0.717, 1.165) is 6.42 Å². The minimum atomic E-state index is -3.32. The van der Waals surface area contributed by atoms with Crippen molar-refractivity contribution in [2.24, 2.45) is 0 Å². The molecular weight excluding hydrogens is 280 g/mol. The van der Waals surface area contributed by atoms with Gasteiger partial charge in [0.05, 0.1) is 12.9 Å². The van der Waals surface area contributed by atoms with E-state index in [0.29, 0.717) is 17.9 Å². The molecule has 1 aromatic carbocycles. The van der Waals surface area contributed by atoms with Crippen molar-refractivity contribution < 1.29 is 17.9 Å². The van der Waals surface area contributed by atoms with Crippen LogP contribution in [0.3, 0.4) is 0 Å². The van der Waals surface area contributed by atoms with Gasteiger partial charge in [0.1, 0.15) is 5.75 Å². The van der Waals surface area contributed by atoms with E-state index in [-0.39, 0.29) is 18.2 Å². The predicted molar refractivity (Wildman–Crippen MR) is 77.4 cm³/mol. The maximum atomic E-state index is 11.8. The molecule has 7 heteroatoms. The largest absolute Gasteiger partial charge is 0.497 e. The van der Waals surface area contributed by atoms with Gasteiger partial charge in [0.2, 0.25) is 10.0 Å². The Morgan fingerprint density at radius 2 is 2.05 bits per heavy atom. The molecule has 0 bridgehead atoms. The number of rotatable bonds is 8. The maximum Gasteiger partial charge on any atom is 0.251 e. The number of ether oxygens (including phenoxy) is 1. The first kappa shape index (κ1) is 16.5. The summed E-state index contributed by atoms with van der Waals surface area (Å²) in [6.07, 6.45) is 0.732. The van der Waals surface area contributed by atoms with Crippen molar-refractivity contribution >= 4 is 15.9 Å². The molecule has 1 aromatic rings. The third kappa shape index (κ3) is 5.58. The zero-order chi connectivity index (χ0) is 15.0. The molecule has 0 aromatic heterocycles. The maximum absolute atomic E-state index is 11.8. The number of methoxy groups -OCH3 is 1. The number of nitrogens with one attached hydrogen (secondary N) is 2. The molecule has 1 amide bonds. The van der Waals surface area contributed by atoms with E-state index in [9.17, 15) is 13.2 Å². The average molecular weight is 300 g/mol. The quantitative estimate of drug-likeness (QED) is 0.742. The predicted octanol–water partition coefficient (Wildman–Crippen LogP) is 0.754. The number of carbonyl (C=O) groups is 1. The lowest BCUT2D eigenvalue weighted by molar-refractivity contribution is 0.0956. The summed E-state index contributed by atoms with van der Waals surface area (Å²) in [5.41, 5.74) is 0.434. The van der Waals surface area contributed by atoms with Crippen molar-refractivity contribution in [3.05, 3.63) is 29.8 Å². The SMILES string of the molecule is CCCNS(=O)(=O)CCNC(=O)c1cccc(OC)c1. The van der Waals surface area contributed by atoms with Crippen LogP contribution in [-0.4, -0.2) is 40.3 Å². The van der Waals surface area contributed by atoms with E-state index in [1.165, 1.54) is 7.11 Å².